The van der Waals surface area contributed by atoms with Crippen LogP contribution in [0.3, 0.4) is 0 Å². The highest BCUT2D eigenvalue weighted by Crippen LogP contribution is 2.29. The molecule has 0 spiro atoms. The minimum Gasteiger partial charge on any atom is -0.465 e. The first-order valence-electron chi connectivity index (χ1n) is 8.81. The van der Waals surface area contributed by atoms with Gasteiger partial charge in [-0.1, -0.05) is 0 Å². The lowest BCUT2D eigenvalue weighted by molar-refractivity contribution is 0.0600. The minimum absolute atomic E-state index is 0.250. The summed E-state index contributed by atoms with van der Waals surface area (Å²) in [6.45, 7) is 0. The topological polar surface area (TPSA) is 85.0 Å². The van der Waals surface area contributed by atoms with Crippen LogP contribution < -0.4 is 0 Å². The Balaban J connectivity index is 1.88. The van der Waals surface area contributed by atoms with Gasteiger partial charge >= 0.3 is 5.97 Å². The van der Waals surface area contributed by atoms with Gasteiger partial charge in [0.15, 0.2) is 0 Å². The fraction of sp³-hybridized carbons (Fsp3) is 0.0435. The van der Waals surface area contributed by atoms with Crippen LogP contribution in [-0.2, 0) is 4.74 Å². The molecule has 0 aliphatic heterocycles. The molecule has 0 amide bonds. The molecule has 4 rings (SSSR count). The van der Waals surface area contributed by atoms with Gasteiger partial charge in [-0.25, -0.2) is 4.79 Å². The first kappa shape index (κ1) is 18.1. The number of pyridine rings is 1. The van der Waals surface area contributed by atoms with E-state index in [1.807, 2.05) is 12.1 Å². The van der Waals surface area contributed by atoms with Crippen molar-refractivity contribution in [3.05, 3.63) is 89.7 Å². The normalized spacial score (nSPS) is 10.5. The monoisotopic (exact) mass is 381 g/mol. The van der Waals surface area contributed by atoms with Gasteiger partial charge in [-0.05, 0) is 60.7 Å². The van der Waals surface area contributed by atoms with Crippen molar-refractivity contribution in [2.45, 2.75) is 0 Å². The Hall–Kier alpha value is -4.24. The number of fused-ring (bicyclic) bond motifs is 1. The van der Waals surface area contributed by atoms with Crippen molar-refractivity contribution in [3.8, 4) is 17.3 Å². The number of carbonyl (C=O) groups excluding carboxylic acids is 2. The number of nitriles is 1. The highest BCUT2D eigenvalue weighted by molar-refractivity contribution is 6.06. The van der Waals surface area contributed by atoms with E-state index in [0.717, 1.165) is 10.9 Å². The Morgan fingerprint density at radius 3 is 2.45 bits per heavy atom. The van der Waals surface area contributed by atoms with Crippen LogP contribution in [0.5, 0.6) is 0 Å². The van der Waals surface area contributed by atoms with E-state index in [2.05, 4.69) is 11.1 Å². The van der Waals surface area contributed by atoms with Gasteiger partial charge in [-0.3, -0.25) is 14.3 Å². The molecule has 4 aromatic rings. The molecule has 0 saturated heterocycles. The molecule has 2 heterocycles. The molecule has 0 aliphatic rings. The maximum atomic E-state index is 13.4. The highest BCUT2D eigenvalue weighted by Gasteiger charge is 2.19. The Bertz CT molecular complexity index is 1270. The quantitative estimate of drug-likeness (QED) is 0.500. The molecule has 29 heavy (non-hydrogen) atoms. The Kier molecular flexibility index (Phi) is 4.63. The number of nitrogens with zero attached hydrogens (tertiary/aromatic N) is 3. The fourth-order valence-corrected chi connectivity index (χ4v) is 3.23. The summed E-state index contributed by atoms with van der Waals surface area (Å²) in [5, 5.41) is 9.98. The van der Waals surface area contributed by atoms with Crippen molar-refractivity contribution in [1.29, 1.82) is 5.26 Å². The molecule has 2 aromatic heterocycles. The van der Waals surface area contributed by atoms with E-state index in [4.69, 9.17) is 4.74 Å². The zero-order chi connectivity index (χ0) is 20.4. The molecular formula is C23H15N3O3. The maximum Gasteiger partial charge on any atom is 0.337 e. The number of hydrogen-bond donors (Lipinski definition) is 0. The second-order valence-corrected chi connectivity index (χ2v) is 6.37. The Labute approximate surface area is 166 Å². The summed E-state index contributed by atoms with van der Waals surface area (Å²) in [6, 6.07) is 19.2. The Morgan fingerprint density at radius 1 is 1.03 bits per heavy atom. The predicted octanol–water partition coefficient (Wildman–Crippen LogP) is 4.05. The van der Waals surface area contributed by atoms with Crippen molar-refractivity contribution in [3.63, 3.8) is 0 Å². The number of ether oxygens (including phenoxy) is 1. The van der Waals surface area contributed by atoms with Gasteiger partial charge in [0.05, 0.1) is 35.5 Å². The van der Waals surface area contributed by atoms with E-state index in [0.29, 0.717) is 27.9 Å². The van der Waals surface area contributed by atoms with Gasteiger partial charge in [0.25, 0.3) is 5.91 Å². The largest absolute Gasteiger partial charge is 0.465 e. The van der Waals surface area contributed by atoms with Gasteiger partial charge in [0, 0.05) is 28.9 Å². The summed E-state index contributed by atoms with van der Waals surface area (Å²) >= 11 is 0. The second-order valence-electron chi connectivity index (χ2n) is 6.37. The van der Waals surface area contributed by atoms with Gasteiger partial charge in [-0.2, -0.15) is 5.26 Å². The van der Waals surface area contributed by atoms with Gasteiger partial charge in [0.1, 0.15) is 0 Å². The lowest BCUT2D eigenvalue weighted by Gasteiger charge is -2.10. The minimum atomic E-state index is -0.463. The van der Waals surface area contributed by atoms with Crippen LogP contribution in [0.4, 0.5) is 0 Å². The third kappa shape index (κ3) is 3.26. The van der Waals surface area contributed by atoms with E-state index < -0.39 is 5.97 Å². The molecule has 0 saturated carbocycles. The second kappa shape index (κ2) is 7.41. The number of hydrogen-bond acceptors (Lipinski definition) is 5. The lowest BCUT2D eigenvalue weighted by Crippen LogP contribution is -2.13. The van der Waals surface area contributed by atoms with Crippen molar-refractivity contribution >= 4 is 22.8 Å². The van der Waals surface area contributed by atoms with Crippen LogP contribution in [0.1, 0.15) is 26.3 Å². The van der Waals surface area contributed by atoms with Crippen molar-refractivity contribution in [2.24, 2.45) is 0 Å². The highest BCUT2D eigenvalue weighted by atomic mass is 16.5. The number of benzene rings is 2. The molecule has 140 valence electrons. The number of esters is 1. The van der Waals surface area contributed by atoms with E-state index in [1.54, 1.807) is 65.5 Å². The van der Waals surface area contributed by atoms with Gasteiger partial charge in [0.2, 0.25) is 0 Å². The maximum absolute atomic E-state index is 13.4. The van der Waals surface area contributed by atoms with Gasteiger partial charge < -0.3 is 4.74 Å². The van der Waals surface area contributed by atoms with Crippen LogP contribution in [0.2, 0.25) is 0 Å². The lowest BCUT2D eigenvalue weighted by atomic mass is 10.1. The third-order valence-electron chi connectivity index (χ3n) is 4.64. The smallest absolute Gasteiger partial charge is 0.337 e. The predicted molar refractivity (Wildman–Crippen MR) is 107 cm³/mol. The van der Waals surface area contributed by atoms with E-state index >= 15 is 0 Å². The number of rotatable bonds is 3. The first-order valence-corrected chi connectivity index (χ1v) is 8.81. The zero-order valence-corrected chi connectivity index (χ0v) is 15.5. The molecule has 0 unspecified atom stereocenters. The molecule has 6 heteroatoms. The molecular weight excluding hydrogens is 366 g/mol. The van der Waals surface area contributed by atoms with Crippen LogP contribution in [0.25, 0.3) is 22.2 Å². The summed E-state index contributed by atoms with van der Waals surface area (Å²) in [7, 11) is 1.31. The van der Waals surface area contributed by atoms with Gasteiger partial charge in [-0.15, -0.1) is 0 Å². The average Bonchev–Trinajstić information content (AvgIpc) is 3.17. The zero-order valence-electron chi connectivity index (χ0n) is 15.5. The van der Waals surface area contributed by atoms with E-state index in [1.165, 1.54) is 7.11 Å². The molecule has 0 atom stereocenters. The summed E-state index contributed by atoms with van der Waals surface area (Å²) in [5.41, 5.74) is 3.44. The van der Waals surface area contributed by atoms with Crippen LogP contribution in [-0.4, -0.2) is 28.5 Å². The van der Waals surface area contributed by atoms with Crippen LogP contribution >= 0.6 is 0 Å². The molecule has 2 aromatic carbocycles. The summed E-state index contributed by atoms with van der Waals surface area (Å²) in [5.74, 6) is -0.713. The molecule has 6 nitrogen and oxygen atoms in total. The third-order valence-corrected chi connectivity index (χ3v) is 4.64. The first-order chi connectivity index (χ1) is 14.1. The van der Waals surface area contributed by atoms with Crippen molar-refractivity contribution in [1.82, 2.24) is 9.55 Å². The summed E-state index contributed by atoms with van der Waals surface area (Å²) in [6.07, 6.45) is 3.35. The Morgan fingerprint density at radius 2 is 1.79 bits per heavy atom. The summed E-state index contributed by atoms with van der Waals surface area (Å²) < 4.78 is 6.30. The molecule has 0 radical (unpaired) electrons. The van der Waals surface area contributed by atoms with E-state index in [-0.39, 0.29) is 5.91 Å². The van der Waals surface area contributed by atoms with Crippen LogP contribution in [0, 0.1) is 11.3 Å². The van der Waals surface area contributed by atoms with Crippen LogP contribution in [0.15, 0.2) is 73.1 Å². The fourth-order valence-electron chi connectivity index (χ4n) is 3.23. The molecule has 0 N–H and O–H groups in total. The standard InChI is InChI=1S/C23H15N3O3/c1-29-23(28)17-7-5-16(6-8-17)22(27)26-20-9-4-15(13-24)11-19(20)12-21(26)18-3-2-10-25-14-18/h2-12,14H,1H3. The summed E-state index contributed by atoms with van der Waals surface area (Å²) in [4.78, 5) is 29.2. The number of methoxy groups -OCH3 is 1. The molecule has 0 aliphatic carbocycles. The number of aromatic nitrogens is 2. The average molecular weight is 381 g/mol. The molecule has 0 fully saturated rings. The van der Waals surface area contributed by atoms with Crippen molar-refractivity contribution < 1.29 is 14.3 Å². The van der Waals surface area contributed by atoms with E-state index in [9.17, 15) is 14.9 Å². The molecule has 0 bridgehead atoms. The SMILES string of the molecule is COC(=O)c1ccc(C(=O)n2c(-c3cccnc3)cc3cc(C#N)ccc32)cc1. The van der Waals surface area contributed by atoms with Crippen molar-refractivity contribution in [2.75, 3.05) is 7.11 Å². The number of carbonyl (C=O) groups is 2.